The quantitative estimate of drug-likeness (QED) is 0.182. The molecule has 8 rings (SSSR count). The Kier molecular flexibility index (Phi) is 12.1. The molecule has 18 heteroatoms. The van der Waals surface area contributed by atoms with E-state index < -0.39 is 118 Å². The van der Waals surface area contributed by atoms with Crippen LogP contribution in [0.25, 0.3) is 0 Å². The predicted molar refractivity (Wildman–Crippen MR) is 229 cm³/mol. The van der Waals surface area contributed by atoms with Gasteiger partial charge in [-0.15, -0.1) is 0 Å². The van der Waals surface area contributed by atoms with Gasteiger partial charge in [0.1, 0.15) is 24.9 Å². The maximum Gasteiger partial charge on any atom is 0.253 e. The van der Waals surface area contributed by atoms with Gasteiger partial charge in [-0.3, -0.25) is 38.5 Å². The highest BCUT2D eigenvalue weighted by atomic mass is 32.2. The Morgan fingerprint density at radius 2 is 1.62 bits per heavy atom. The Morgan fingerprint density at radius 3 is 2.31 bits per heavy atom. The summed E-state index contributed by atoms with van der Waals surface area (Å²) in [5.41, 5.74) is -5.98. The van der Waals surface area contributed by atoms with Crippen LogP contribution < -0.4 is 16.0 Å². The van der Waals surface area contributed by atoms with Crippen LogP contribution in [-0.4, -0.2) is 111 Å². The minimum Gasteiger partial charge on any atom is -0.390 e. The van der Waals surface area contributed by atoms with Crippen LogP contribution in [0.2, 0.25) is 0 Å². The maximum absolute atomic E-state index is 17.7. The van der Waals surface area contributed by atoms with E-state index >= 15 is 8.78 Å². The van der Waals surface area contributed by atoms with Crippen LogP contribution in [0.15, 0.2) is 94.3 Å². The standard InChI is InChI=1S/C47H50F2N4O11S/c1-24(50-38(58)15-17-53-39(59)12-13-40(53)60)41(61)51-25(2)42(62)52-27-6-5-7-30(18-27)65-29-10-8-26(9-11-29)43-63-37-21-31-32-20-34(48)33-19-28(55)14-16-44(33,3)46(32,49)35(56)22-45(31,4)47(37,64-43)36(57)23-54/h5-14,16,18-19,24-25,31-32,34-35,37,43,54,56H,15,17,20-23H2,1-4H3,(H,50,58)(H,51,61)(H,52,62)/t24-,25-,31?,32-,34-,35-,37+,43+,44-,45-,46-,47+/m0/s1. The minimum absolute atomic E-state index is 0.00479. The number of rotatable bonds is 13. The van der Waals surface area contributed by atoms with E-state index in [2.05, 4.69) is 16.0 Å². The number of fused-ring (bicyclic) bond motifs is 7. The second kappa shape index (κ2) is 17.1. The van der Waals surface area contributed by atoms with Gasteiger partial charge in [-0.25, -0.2) is 8.78 Å². The van der Waals surface area contributed by atoms with Crippen molar-refractivity contribution in [2.24, 2.45) is 22.7 Å². The minimum atomic E-state index is -2.36. The zero-order chi connectivity index (χ0) is 46.8. The molecule has 6 aliphatic rings. The Hall–Kier alpha value is -5.40. The van der Waals surface area contributed by atoms with Crippen LogP contribution >= 0.6 is 11.8 Å². The molecule has 2 aromatic rings. The molecule has 5 N–H and O–H groups in total. The molecule has 12 atom stereocenters. The molecule has 2 aliphatic heterocycles. The van der Waals surface area contributed by atoms with Crippen LogP contribution in [0.4, 0.5) is 14.5 Å². The van der Waals surface area contributed by atoms with Gasteiger partial charge < -0.3 is 35.6 Å². The van der Waals surface area contributed by atoms with E-state index in [1.807, 2.05) is 18.2 Å². The number of ketones is 2. The number of hydrogen-bond donors (Lipinski definition) is 5. The molecule has 0 aromatic heterocycles. The fourth-order valence-electron chi connectivity index (χ4n) is 11.1. The summed E-state index contributed by atoms with van der Waals surface area (Å²) in [6.45, 7) is 5.13. The third-order valence-electron chi connectivity index (χ3n) is 14.4. The van der Waals surface area contributed by atoms with Crippen LogP contribution in [0.5, 0.6) is 0 Å². The first-order valence-corrected chi connectivity index (χ1v) is 22.3. The van der Waals surface area contributed by atoms with Gasteiger partial charge in [0.15, 0.2) is 29.1 Å². The second-order valence-electron chi connectivity index (χ2n) is 18.1. The van der Waals surface area contributed by atoms with Crippen molar-refractivity contribution >= 4 is 58.6 Å². The van der Waals surface area contributed by atoms with Gasteiger partial charge in [-0.2, -0.15) is 0 Å². The van der Waals surface area contributed by atoms with Gasteiger partial charge in [0.25, 0.3) is 11.8 Å². The molecule has 5 amide bonds. The number of Topliss-reactive ketones (excluding diaryl/α,β-unsaturated/α-hetero) is 1. The molecule has 15 nitrogen and oxygen atoms in total. The van der Waals surface area contributed by atoms with Gasteiger partial charge >= 0.3 is 0 Å². The highest BCUT2D eigenvalue weighted by Gasteiger charge is 2.80. The zero-order valence-electron chi connectivity index (χ0n) is 36.0. The normalized spacial score (nSPS) is 34.2. The molecule has 0 radical (unpaired) electrons. The third kappa shape index (κ3) is 7.66. The van der Waals surface area contributed by atoms with Gasteiger partial charge in [-0.05, 0) is 94.0 Å². The lowest BCUT2D eigenvalue weighted by Crippen LogP contribution is -2.70. The first-order chi connectivity index (χ1) is 30.7. The molecule has 2 heterocycles. The summed E-state index contributed by atoms with van der Waals surface area (Å²) in [4.78, 5) is 90.2. The third-order valence-corrected chi connectivity index (χ3v) is 15.4. The number of aliphatic hydroxyl groups is 2. The monoisotopic (exact) mass is 916 g/mol. The number of aliphatic hydroxyl groups excluding tert-OH is 2. The van der Waals surface area contributed by atoms with E-state index in [1.165, 1.54) is 44.7 Å². The largest absolute Gasteiger partial charge is 0.390 e. The average Bonchev–Trinajstić information content (AvgIpc) is 3.89. The number of halogens is 2. The zero-order valence-corrected chi connectivity index (χ0v) is 36.9. The van der Waals surface area contributed by atoms with E-state index in [4.69, 9.17) is 9.47 Å². The number of hydrogen-bond acceptors (Lipinski definition) is 12. The van der Waals surface area contributed by atoms with E-state index in [0.717, 1.165) is 32.9 Å². The van der Waals surface area contributed by atoms with E-state index in [1.54, 1.807) is 37.3 Å². The molecule has 1 saturated heterocycles. The summed E-state index contributed by atoms with van der Waals surface area (Å²) in [5.74, 6) is -5.59. The van der Waals surface area contributed by atoms with Crippen molar-refractivity contribution in [1.82, 2.24) is 15.5 Å². The molecule has 344 valence electrons. The van der Waals surface area contributed by atoms with Gasteiger partial charge in [-0.1, -0.05) is 43.0 Å². The summed E-state index contributed by atoms with van der Waals surface area (Å²) < 4.78 is 46.8. The van der Waals surface area contributed by atoms with Crippen LogP contribution in [0.1, 0.15) is 65.2 Å². The highest BCUT2D eigenvalue weighted by Crippen LogP contribution is 2.72. The second-order valence-corrected chi connectivity index (χ2v) is 19.3. The molecule has 2 aromatic carbocycles. The number of imide groups is 1. The molecule has 1 unspecified atom stereocenters. The molecule has 3 saturated carbocycles. The molecular formula is C47H50F2N4O11S. The number of carbonyl (C=O) groups is 7. The Balaban J connectivity index is 0.887. The van der Waals surface area contributed by atoms with Crippen LogP contribution in [-0.2, 0) is 43.0 Å². The first-order valence-electron chi connectivity index (χ1n) is 21.5. The fourth-order valence-corrected chi connectivity index (χ4v) is 12.0. The van der Waals surface area contributed by atoms with Crippen molar-refractivity contribution in [3.05, 3.63) is 90.0 Å². The summed E-state index contributed by atoms with van der Waals surface area (Å²) in [7, 11) is 0. The Labute approximate surface area is 377 Å². The number of allylic oxidation sites excluding steroid dienone is 4. The SMILES string of the molecule is C[C@H](NC(=O)CCN1C(=O)C=CC1=O)C(=O)N[C@@H](C)C(=O)Nc1cccc(Sc2ccc([C@@H]3O[C@@H]4CC5[C@@H]6C[C@H](F)C7=CC(=O)C=C[C@]7(C)[C@@]6(F)[C@@H](O)C[C@]5(C)[C@]4(C(=O)CO)O3)cc2)c1. The van der Waals surface area contributed by atoms with Crippen molar-refractivity contribution in [1.29, 1.82) is 0 Å². The van der Waals surface area contributed by atoms with Crippen molar-refractivity contribution < 1.29 is 62.0 Å². The number of benzene rings is 2. The lowest BCUT2D eigenvalue weighted by molar-refractivity contribution is -0.235. The van der Waals surface area contributed by atoms with Gasteiger partial charge in [0, 0.05) is 62.9 Å². The molecule has 4 fully saturated rings. The predicted octanol–water partition coefficient (Wildman–Crippen LogP) is 3.74. The number of amides is 5. The smallest absolute Gasteiger partial charge is 0.253 e. The highest BCUT2D eigenvalue weighted by molar-refractivity contribution is 7.99. The average molecular weight is 917 g/mol. The van der Waals surface area contributed by atoms with Crippen molar-refractivity contribution in [2.75, 3.05) is 18.5 Å². The molecule has 0 spiro atoms. The van der Waals surface area contributed by atoms with Crippen molar-refractivity contribution in [3.63, 3.8) is 0 Å². The van der Waals surface area contributed by atoms with Crippen molar-refractivity contribution in [3.8, 4) is 0 Å². The van der Waals surface area contributed by atoms with E-state index in [0.29, 0.717) is 11.3 Å². The van der Waals surface area contributed by atoms with Crippen molar-refractivity contribution in [2.45, 2.75) is 111 Å². The van der Waals surface area contributed by atoms with Gasteiger partial charge in [0.05, 0.1) is 12.2 Å². The molecule has 65 heavy (non-hydrogen) atoms. The number of nitrogens with one attached hydrogen (secondary N) is 3. The number of nitrogens with zero attached hydrogens (tertiary/aromatic N) is 1. The van der Waals surface area contributed by atoms with Gasteiger partial charge in [0.2, 0.25) is 17.7 Å². The van der Waals surface area contributed by atoms with E-state index in [-0.39, 0.29) is 37.8 Å². The number of anilines is 1. The first kappa shape index (κ1) is 46.1. The lowest BCUT2D eigenvalue weighted by atomic mass is 9.44. The molecule has 4 aliphatic carbocycles. The Morgan fingerprint density at radius 1 is 0.923 bits per heavy atom. The topological polar surface area (TPSA) is 218 Å². The van der Waals surface area contributed by atoms with E-state index in [9.17, 15) is 43.8 Å². The summed E-state index contributed by atoms with van der Waals surface area (Å²) >= 11 is 1.38. The number of ether oxygens (including phenoxy) is 2. The number of alkyl halides is 2. The summed E-state index contributed by atoms with van der Waals surface area (Å²) in [5, 5.41) is 29.9. The maximum atomic E-state index is 17.7. The molecule has 0 bridgehead atoms. The van der Waals surface area contributed by atoms with Crippen LogP contribution in [0.3, 0.4) is 0 Å². The summed E-state index contributed by atoms with van der Waals surface area (Å²) in [6, 6.07) is 12.2. The lowest BCUT2D eigenvalue weighted by Gasteiger charge is -2.63. The summed E-state index contributed by atoms with van der Waals surface area (Å²) in [6.07, 6.45) is -0.0355. The Bertz CT molecular complexity index is 2430. The number of carbonyl (C=O) groups excluding carboxylic acids is 7. The van der Waals surface area contributed by atoms with Crippen LogP contribution in [0, 0.1) is 22.7 Å². The fraction of sp³-hybridized carbons (Fsp3) is 0.468. The molecular weight excluding hydrogens is 867 g/mol.